The van der Waals surface area contributed by atoms with E-state index in [1.165, 1.54) is 18.1 Å². The average molecular weight is 694 g/mol. The van der Waals surface area contributed by atoms with Gasteiger partial charge in [-0.15, -0.1) is 0 Å². The second-order valence-electron chi connectivity index (χ2n) is 13.2. The van der Waals surface area contributed by atoms with Crippen LogP contribution in [0.4, 0.5) is 5.69 Å². The fourth-order valence-electron chi connectivity index (χ4n) is 6.14. The summed E-state index contributed by atoms with van der Waals surface area (Å²) < 4.78 is 12.1. The van der Waals surface area contributed by atoms with Crippen molar-refractivity contribution in [1.29, 1.82) is 0 Å². The Balaban J connectivity index is 1.14. The van der Waals surface area contributed by atoms with Crippen molar-refractivity contribution in [2.75, 3.05) is 12.4 Å². The second kappa shape index (κ2) is 16.3. The molecular formula is C39H43N5O7. The molecule has 5 rings (SSSR count). The van der Waals surface area contributed by atoms with Crippen LogP contribution in [0, 0.1) is 0 Å². The highest BCUT2D eigenvalue weighted by molar-refractivity contribution is 6.04. The maximum atomic E-state index is 13.4. The van der Waals surface area contributed by atoms with Crippen molar-refractivity contribution in [3.63, 3.8) is 0 Å². The zero-order valence-electron chi connectivity index (χ0n) is 29.2. The van der Waals surface area contributed by atoms with Crippen molar-refractivity contribution < 1.29 is 28.7 Å². The van der Waals surface area contributed by atoms with E-state index in [0.717, 1.165) is 29.7 Å². The Morgan fingerprint density at radius 3 is 2.27 bits per heavy atom. The number of hydrogen-bond donors (Lipinski definition) is 3. The van der Waals surface area contributed by atoms with E-state index in [1.54, 1.807) is 24.3 Å². The van der Waals surface area contributed by atoms with Crippen LogP contribution in [0.15, 0.2) is 83.8 Å². The molecule has 1 aliphatic carbocycles. The topological polar surface area (TPSA) is 160 Å². The van der Waals surface area contributed by atoms with E-state index in [4.69, 9.17) is 9.47 Å². The molecule has 0 spiro atoms. The number of hydrogen-bond acceptors (Lipinski definition) is 9. The van der Waals surface area contributed by atoms with Crippen LogP contribution in [0.5, 0.6) is 11.5 Å². The molecule has 3 aromatic carbocycles. The molecule has 0 saturated heterocycles. The molecule has 12 nitrogen and oxygen atoms in total. The minimum atomic E-state index is -0.848. The molecule has 4 aromatic rings. The fourth-order valence-corrected chi connectivity index (χ4v) is 6.14. The first-order valence-corrected chi connectivity index (χ1v) is 16.9. The van der Waals surface area contributed by atoms with Crippen molar-refractivity contribution in [3.05, 3.63) is 117 Å². The predicted molar refractivity (Wildman–Crippen MR) is 192 cm³/mol. The minimum absolute atomic E-state index is 0.0199. The summed E-state index contributed by atoms with van der Waals surface area (Å²) in [7, 11) is 1.49. The molecule has 3 N–H and O–H groups in total. The lowest BCUT2D eigenvalue weighted by atomic mass is 9.78. The van der Waals surface area contributed by atoms with Gasteiger partial charge < -0.3 is 24.7 Å². The summed E-state index contributed by atoms with van der Waals surface area (Å²) in [4.78, 5) is 67.4. The molecule has 3 amide bonds. The third kappa shape index (κ3) is 8.88. The van der Waals surface area contributed by atoms with E-state index in [9.17, 15) is 24.0 Å². The Hall–Kier alpha value is -5.78. The Kier molecular flexibility index (Phi) is 11.7. The van der Waals surface area contributed by atoms with E-state index in [-0.39, 0.29) is 35.3 Å². The van der Waals surface area contributed by atoms with Gasteiger partial charge in [0.2, 0.25) is 12.3 Å². The van der Waals surface area contributed by atoms with Crippen molar-refractivity contribution in [3.8, 4) is 11.5 Å². The Labute approximate surface area is 296 Å². The number of nitrogens with one attached hydrogen (secondary N) is 3. The van der Waals surface area contributed by atoms with E-state index < -0.39 is 23.5 Å². The van der Waals surface area contributed by atoms with E-state index in [1.807, 2.05) is 43.3 Å². The standard InChI is InChI=1S/C39H43N5O7/c1-5-6-35(36(47)41-24-46)44(4)37(48)34-21-28(12-7-25(34)22-45)42-30-19-33(20-30)51-32-15-10-27(11-16-32)39(2,3)26-8-13-31(14-9-26)50-23-29-17-18-40-38(49)43-29/h7-18,21-22,24,30,33,35,42H,5-6,19-20,23H2,1-4H3,(H,40,43,49)(H,41,46,47). The molecule has 1 aliphatic rings. The normalized spacial score (nSPS) is 15.8. The smallest absolute Gasteiger partial charge is 0.345 e. The Morgan fingerprint density at radius 2 is 1.67 bits per heavy atom. The number of aldehydes is 1. The van der Waals surface area contributed by atoms with Gasteiger partial charge >= 0.3 is 5.69 Å². The molecule has 0 aliphatic heterocycles. The van der Waals surface area contributed by atoms with Crippen molar-refractivity contribution >= 4 is 30.2 Å². The van der Waals surface area contributed by atoms with Crippen LogP contribution in [0.3, 0.4) is 0 Å². The van der Waals surface area contributed by atoms with Gasteiger partial charge in [0.05, 0.1) is 11.3 Å². The molecule has 1 fully saturated rings. The molecule has 0 bridgehead atoms. The van der Waals surface area contributed by atoms with E-state index in [2.05, 4.69) is 46.6 Å². The lowest BCUT2D eigenvalue weighted by Gasteiger charge is -2.36. The van der Waals surface area contributed by atoms with Crippen LogP contribution in [0.2, 0.25) is 0 Å². The third-order valence-corrected chi connectivity index (χ3v) is 9.31. The SMILES string of the molecule is CCCC(C(=O)NC=O)N(C)C(=O)c1cc(NC2CC(Oc3ccc(C(C)(C)c4ccc(OCc5ccnc(=O)[nH]5)cc4)cc3)C2)ccc1C=O. The fraction of sp³-hybridized carbons (Fsp3) is 0.333. The summed E-state index contributed by atoms with van der Waals surface area (Å²) in [6.45, 7) is 6.44. The molecule has 1 saturated carbocycles. The van der Waals surface area contributed by atoms with Crippen LogP contribution in [0.1, 0.15) is 84.0 Å². The van der Waals surface area contributed by atoms with Gasteiger partial charge in [0.25, 0.3) is 5.91 Å². The average Bonchev–Trinajstić information content (AvgIpc) is 3.12. The van der Waals surface area contributed by atoms with Gasteiger partial charge in [0.15, 0.2) is 6.29 Å². The van der Waals surface area contributed by atoms with Gasteiger partial charge in [-0.2, -0.15) is 0 Å². The van der Waals surface area contributed by atoms with Crippen LogP contribution in [0.25, 0.3) is 0 Å². The number of amides is 3. The number of carbonyl (C=O) groups excluding carboxylic acids is 4. The summed E-state index contributed by atoms with van der Waals surface area (Å²) in [5.41, 5.74) is 3.30. The van der Waals surface area contributed by atoms with Crippen LogP contribution in [-0.2, 0) is 21.6 Å². The summed E-state index contributed by atoms with van der Waals surface area (Å²) in [5.74, 6) is 0.424. The minimum Gasteiger partial charge on any atom is -0.490 e. The highest BCUT2D eigenvalue weighted by Crippen LogP contribution is 2.35. The summed E-state index contributed by atoms with van der Waals surface area (Å²) in [6, 6.07) is 22.0. The lowest BCUT2D eigenvalue weighted by molar-refractivity contribution is -0.128. The molecular weight excluding hydrogens is 650 g/mol. The van der Waals surface area contributed by atoms with Gasteiger partial charge in [-0.1, -0.05) is 51.5 Å². The lowest BCUT2D eigenvalue weighted by Crippen LogP contribution is -2.47. The number of likely N-dealkylation sites (N-methyl/N-ethyl adjacent to an activating group) is 1. The van der Waals surface area contributed by atoms with Crippen molar-refractivity contribution in [1.82, 2.24) is 20.2 Å². The summed E-state index contributed by atoms with van der Waals surface area (Å²) >= 11 is 0. The van der Waals surface area contributed by atoms with Gasteiger partial charge in [0, 0.05) is 48.8 Å². The zero-order valence-corrected chi connectivity index (χ0v) is 29.2. The van der Waals surface area contributed by atoms with Crippen LogP contribution >= 0.6 is 0 Å². The number of anilines is 1. The molecule has 266 valence electrons. The number of aromatic nitrogens is 2. The molecule has 1 aromatic heterocycles. The van der Waals surface area contributed by atoms with Gasteiger partial charge in [-0.25, -0.2) is 9.78 Å². The molecule has 51 heavy (non-hydrogen) atoms. The van der Waals surface area contributed by atoms with Crippen molar-refractivity contribution in [2.24, 2.45) is 0 Å². The number of aromatic amines is 1. The maximum Gasteiger partial charge on any atom is 0.345 e. The second-order valence-corrected chi connectivity index (χ2v) is 13.2. The Bertz CT molecular complexity index is 1900. The van der Waals surface area contributed by atoms with Gasteiger partial charge in [-0.3, -0.25) is 24.5 Å². The Morgan fingerprint density at radius 1 is 1.00 bits per heavy atom. The van der Waals surface area contributed by atoms with Crippen LogP contribution < -0.4 is 25.8 Å². The maximum absolute atomic E-state index is 13.4. The first-order valence-electron chi connectivity index (χ1n) is 16.9. The number of benzene rings is 3. The molecule has 1 unspecified atom stereocenters. The number of ether oxygens (including phenoxy) is 2. The van der Waals surface area contributed by atoms with E-state index in [0.29, 0.717) is 42.7 Å². The largest absolute Gasteiger partial charge is 0.490 e. The van der Waals surface area contributed by atoms with Gasteiger partial charge in [-0.05, 0) is 66.1 Å². The molecule has 0 radical (unpaired) electrons. The van der Waals surface area contributed by atoms with Crippen LogP contribution in [-0.4, -0.2) is 64.6 Å². The first kappa shape index (κ1) is 36.5. The summed E-state index contributed by atoms with van der Waals surface area (Å²) in [5, 5.41) is 5.56. The summed E-state index contributed by atoms with van der Waals surface area (Å²) in [6.07, 6.45) is 4.88. The highest BCUT2D eigenvalue weighted by Gasteiger charge is 2.32. The number of rotatable bonds is 16. The first-order chi connectivity index (χ1) is 24.5. The molecule has 1 atom stereocenters. The van der Waals surface area contributed by atoms with Crippen molar-refractivity contribution in [2.45, 2.75) is 76.7 Å². The highest BCUT2D eigenvalue weighted by atomic mass is 16.5. The third-order valence-electron chi connectivity index (χ3n) is 9.31. The number of H-pyrrole nitrogens is 1. The zero-order chi connectivity index (χ0) is 36.5. The number of carbonyl (C=O) groups is 4. The number of nitrogens with zero attached hydrogens (tertiary/aromatic N) is 2. The quantitative estimate of drug-likeness (QED) is 0.137. The molecule has 12 heteroatoms. The monoisotopic (exact) mass is 693 g/mol. The van der Waals surface area contributed by atoms with Gasteiger partial charge in [0.1, 0.15) is 30.3 Å². The van der Waals surface area contributed by atoms with E-state index >= 15 is 0 Å². The molecule has 1 heterocycles. The predicted octanol–water partition coefficient (Wildman–Crippen LogP) is 5.02. The number of imide groups is 1.